The summed E-state index contributed by atoms with van der Waals surface area (Å²) in [6.45, 7) is 3.86. The van der Waals surface area contributed by atoms with E-state index in [1.54, 1.807) is 0 Å². The highest BCUT2D eigenvalue weighted by Crippen LogP contribution is 2.40. The van der Waals surface area contributed by atoms with Gasteiger partial charge >= 0.3 is 0 Å². The molecular formula is C19H22N2O3. The van der Waals surface area contributed by atoms with Gasteiger partial charge in [0.1, 0.15) is 11.3 Å². The van der Waals surface area contributed by atoms with Crippen LogP contribution in [0.15, 0.2) is 28.7 Å². The van der Waals surface area contributed by atoms with Crippen molar-refractivity contribution in [2.24, 2.45) is 5.41 Å². The normalized spacial score (nSPS) is 24.3. The fraction of sp³-hybridized carbons (Fsp3) is 0.474. The Balaban J connectivity index is 1.63. The first-order valence-corrected chi connectivity index (χ1v) is 8.54. The smallest absolute Gasteiger partial charge is 0.257 e. The number of para-hydroxylation sites is 1. The van der Waals surface area contributed by atoms with Crippen molar-refractivity contribution in [3.05, 3.63) is 35.6 Å². The molecule has 4 rings (SSSR count). The molecule has 126 valence electrons. The van der Waals surface area contributed by atoms with Gasteiger partial charge in [0.15, 0.2) is 0 Å². The topological polar surface area (TPSA) is 53.8 Å². The van der Waals surface area contributed by atoms with Crippen molar-refractivity contribution in [1.82, 2.24) is 9.80 Å². The van der Waals surface area contributed by atoms with Crippen LogP contribution in [0.1, 0.15) is 35.4 Å². The van der Waals surface area contributed by atoms with E-state index in [1.807, 2.05) is 48.0 Å². The Morgan fingerprint density at radius 3 is 2.92 bits per heavy atom. The lowest BCUT2D eigenvalue weighted by molar-refractivity contribution is -0.143. The van der Waals surface area contributed by atoms with Gasteiger partial charge in [-0.1, -0.05) is 12.1 Å². The SMILES string of the molecule is Cc1cc2cccc(C(=O)N3CCC4(CCCN(C)C4=O)C3)c2o1. The first kappa shape index (κ1) is 15.2. The van der Waals surface area contributed by atoms with Crippen LogP contribution in [0.4, 0.5) is 0 Å². The van der Waals surface area contributed by atoms with Gasteiger partial charge in [-0.05, 0) is 38.3 Å². The van der Waals surface area contributed by atoms with Crippen molar-refractivity contribution in [3.63, 3.8) is 0 Å². The second-order valence-electron chi connectivity index (χ2n) is 7.17. The molecule has 2 aromatic rings. The lowest BCUT2D eigenvalue weighted by Gasteiger charge is -2.37. The number of hydrogen-bond acceptors (Lipinski definition) is 3. The fourth-order valence-corrected chi connectivity index (χ4v) is 4.22. The minimum atomic E-state index is -0.379. The molecule has 2 aliphatic rings. The molecule has 5 heteroatoms. The second kappa shape index (κ2) is 5.36. The quantitative estimate of drug-likeness (QED) is 0.810. The predicted molar refractivity (Wildman–Crippen MR) is 90.8 cm³/mol. The zero-order chi connectivity index (χ0) is 16.9. The first-order chi connectivity index (χ1) is 11.5. The Bertz CT molecular complexity index is 825. The van der Waals surface area contributed by atoms with Gasteiger partial charge in [-0.2, -0.15) is 0 Å². The number of fused-ring (bicyclic) bond motifs is 1. The highest BCUT2D eigenvalue weighted by Gasteiger charge is 2.48. The summed E-state index contributed by atoms with van der Waals surface area (Å²) in [6, 6.07) is 7.59. The second-order valence-corrected chi connectivity index (χ2v) is 7.17. The molecule has 5 nitrogen and oxygen atoms in total. The van der Waals surface area contributed by atoms with E-state index in [-0.39, 0.29) is 17.2 Å². The van der Waals surface area contributed by atoms with E-state index < -0.39 is 0 Å². The maximum atomic E-state index is 13.0. The van der Waals surface area contributed by atoms with E-state index in [0.29, 0.717) is 24.2 Å². The summed E-state index contributed by atoms with van der Waals surface area (Å²) in [5.41, 5.74) is 0.859. The largest absolute Gasteiger partial charge is 0.461 e. The number of likely N-dealkylation sites (tertiary alicyclic amines) is 2. The van der Waals surface area contributed by atoms with Gasteiger partial charge < -0.3 is 14.2 Å². The third kappa shape index (κ3) is 2.22. The molecule has 24 heavy (non-hydrogen) atoms. The van der Waals surface area contributed by atoms with Crippen LogP contribution in [0, 0.1) is 12.3 Å². The summed E-state index contributed by atoms with van der Waals surface area (Å²) >= 11 is 0. The Morgan fingerprint density at radius 2 is 2.08 bits per heavy atom. The average Bonchev–Trinajstić information content (AvgIpc) is 3.15. The predicted octanol–water partition coefficient (Wildman–Crippen LogP) is 2.83. The molecule has 0 N–H and O–H groups in total. The zero-order valence-corrected chi connectivity index (χ0v) is 14.2. The van der Waals surface area contributed by atoms with Crippen molar-refractivity contribution in [2.75, 3.05) is 26.7 Å². The van der Waals surface area contributed by atoms with Gasteiger partial charge in [0, 0.05) is 32.1 Å². The van der Waals surface area contributed by atoms with Crippen LogP contribution >= 0.6 is 0 Å². The summed E-state index contributed by atoms with van der Waals surface area (Å²) < 4.78 is 5.73. The lowest BCUT2D eigenvalue weighted by atomic mass is 9.78. The first-order valence-electron chi connectivity index (χ1n) is 8.54. The molecule has 0 radical (unpaired) electrons. The van der Waals surface area contributed by atoms with Crippen LogP contribution in [0.5, 0.6) is 0 Å². The number of rotatable bonds is 1. The number of amides is 2. The fourth-order valence-electron chi connectivity index (χ4n) is 4.22. The van der Waals surface area contributed by atoms with E-state index in [1.165, 1.54) is 0 Å². The molecule has 2 amide bonds. The van der Waals surface area contributed by atoms with Crippen molar-refractivity contribution in [2.45, 2.75) is 26.2 Å². The van der Waals surface area contributed by atoms with Crippen LogP contribution in [-0.2, 0) is 4.79 Å². The molecular weight excluding hydrogens is 304 g/mol. The molecule has 2 aliphatic heterocycles. The number of furan rings is 1. The molecule has 1 spiro atoms. The van der Waals surface area contributed by atoms with Crippen LogP contribution in [0.2, 0.25) is 0 Å². The Kier molecular flexibility index (Phi) is 3.41. The van der Waals surface area contributed by atoms with Gasteiger partial charge in [0.25, 0.3) is 5.91 Å². The van der Waals surface area contributed by atoms with E-state index >= 15 is 0 Å². The van der Waals surface area contributed by atoms with Crippen LogP contribution in [0.3, 0.4) is 0 Å². The minimum absolute atomic E-state index is 0.0344. The summed E-state index contributed by atoms with van der Waals surface area (Å²) in [5, 5.41) is 0.945. The third-order valence-corrected chi connectivity index (χ3v) is 5.49. The number of carbonyl (C=O) groups is 2. The molecule has 3 heterocycles. The molecule has 1 atom stereocenters. The van der Waals surface area contributed by atoms with Crippen LogP contribution < -0.4 is 0 Å². The highest BCUT2D eigenvalue weighted by atomic mass is 16.3. The molecule has 2 fully saturated rings. The zero-order valence-electron chi connectivity index (χ0n) is 14.2. The molecule has 1 aromatic carbocycles. The third-order valence-electron chi connectivity index (χ3n) is 5.49. The maximum absolute atomic E-state index is 13.0. The van der Waals surface area contributed by atoms with Gasteiger partial charge in [-0.3, -0.25) is 9.59 Å². The van der Waals surface area contributed by atoms with E-state index in [9.17, 15) is 9.59 Å². The summed E-state index contributed by atoms with van der Waals surface area (Å²) in [4.78, 5) is 29.3. The molecule has 0 bridgehead atoms. The maximum Gasteiger partial charge on any atom is 0.257 e. The average molecular weight is 326 g/mol. The van der Waals surface area contributed by atoms with E-state index in [2.05, 4.69) is 0 Å². The number of benzene rings is 1. The van der Waals surface area contributed by atoms with Crippen molar-refractivity contribution < 1.29 is 14.0 Å². The van der Waals surface area contributed by atoms with Gasteiger partial charge in [-0.25, -0.2) is 0 Å². The standard InChI is InChI=1S/C19H22N2O3/c1-13-11-14-5-3-6-15(16(14)24-13)17(22)21-10-8-19(12-21)7-4-9-20(2)18(19)23/h3,5-6,11H,4,7-10,12H2,1-2H3. The number of hydrogen-bond donors (Lipinski definition) is 0. The Hall–Kier alpha value is -2.30. The number of carbonyl (C=O) groups excluding carboxylic acids is 2. The molecule has 0 aliphatic carbocycles. The van der Waals surface area contributed by atoms with Gasteiger partial charge in [0.2, 0.25) is 5.91 Å². The minimum Gasteiger partial charge on any atom is -0.461 e. The Morgan fingerprint density at radius 1 is 1.25 bits per heavy atom. The summed E-state index contributed by atoms with van der Waals surface area (Å²) in [5.74, 6) is 0.955. The monoisotopic (exact) mass is 326 g/mol. The molecule has 1 unspecified atom stereocenters. The van der Waals surface area contributed by atoms with Gasteiger partial charge in [-0.15, -0.1) is 0 Å². The van der Waals surface area contributed by atoms with Gasteiger partial charge in [0.05, 0.1) is 11.0 Å². The summed E-state index contributed by atoms with van der Waals surface area (Å²) in [6.07, 6.45) is 2.65. The number of aryl methyl sites for hydroxylation is 1. The molecule has 0 saturated carbocycles. The number of piperidine rings is 1. The highest BCUT2D eigenvalue weighted by molar-refractivity contribution is 6.05. The molecule has 1 aromatic heterocycles. The van der Waals surface area contributed by atoms with Crippen LogP contribution in [-0.4, -0.2) is 48.3 Å². The molecule has 2 saturated heterocycles. The van der Waals surface area contributed by atoms with Crippen LogP contribution in [0.25, 0.3) is 11.0 Å². The number of nitrogens with zero attached hydrogens (tertiary/aromatic N) is 2. The summed E-state index contributed by atoms with van der Waals surface area (Å²) in [7, 11) is 1.86. The van der Waals surface area contributed by atoms with Crippen molar-refractivity contribution in [1.29, 1.82) is 0 Å². The lowest BCUT2D eigenvalue weighted by Crippen LogP contribution is -2.48. The van der Waals surface area contributed by atoms with Crippen molar-refractivity contribution >= 4 is 22.8 Å². The van der Waals surface area contributed by atoms with Crippen molar-refractivity contribution in [3.8, 4) is 0 Å². The Labute approximate surface area is 141 Å². The van der Waals surface area contributed by atoms with E-state index in [0.717, 1.165) is 37.0 Å². The van der Waals surface area contributed by atoms with E-state index in [4.69, 9.17) is 4.42 Å².